The summed E-state index contributed by atoms with van der Waals surface area (Å²) in [6.07, 6.45) is 5.13. The predicted molar refractivity (Wildman–Crippen MR) is 77.7 cm³/mol. The number of ether oxygens (including phenoxy) is 1. The first-order valence-electron chi connectivity index (χ1n) is 7.71. The van der Waals surface area contributed by atoms with Gasteiger partial charge in [0.2, 0.25) is 0 Å². The minimum Gasteiger partial charge on any atom is -0.377 e. The van der Waals surface area contributed by atoms with Crippen LogP contribution in [0.1, 0.15) is 53.4 Å². The Morgan fingerprint density at radius 2 is 1.94 bits per heavy atom. The fraction of sp³-hybridized carbons (Fsp3) is 1.00. The lowest BCUT2D eigenvalue weighted by atomic mass is 9.99. The Hall–Kier alpha value is -0.120. The maximum absolute atomic E-state index is 6.05. The van der Waals surface area contributed by atoms with Crippen LogP contribution in [0.5, 0.6) is 0 Å². The van der Waals surface area contributed by atoms with Crippen molar-refractivity contribution in [2.24, 2.45) is 11.7 Å². The molecule has 1 rings (SSSR count). The van der Waals surface area contributed by atoms with Crippen LogP contribution >= 0.6 is 0 Å². The predicted octanol–water partition coefficient (Wildman–Crippen LogP) is 2.64. The smallest absolute Gasteiger partial charge is 0.0743 e. The Morgan fingerprint density at radius 3 is 2.33 bits per heavy atom. The number of hydrogen-bond donors (Lipinski definition) is 1. The van der Waals surface area contributed by atoms with E-state index in [0.29, 0.717) is 30.7 Å². The lowest BCUT2D eigenvalue weighted by Gasteiger charge is -2.40. The molecular weight excluding hydrogens is 224 g/mol. The maximum Gasteiger partial charge on any atom is 0.0743 e. The van der Waals surface area contributed by atoms with Gasteiger partial charge in [-0.15, -0.1) is 0 Å². The van der Waals surface area contributed by atoms with E-state index in [2.05, 4.69) is 32.6 Å². The molecule has 1 fully saturated rings. The Kier molecular flexibility index (Phi) is 7.20. The van der Waals surface area contributed by atoms with Gasteiger partial charge in [-0.1, -0.05) is 27.7 Å². The van der Waals surface area contributed by atoms with Crippen molar-refractivity contribution in [3.05, 3.63) is 0 Å². The normalized spacial score (nSPS) is 22.3. The molecule has 1 aliphatic heterocycles. The summed E-state index contributed by atoms with van der Waals surface area (Å²) in [7, 11) is 0. The Bertz CT molecular complexity index is 211. The van der Waals surface area contributed by atoms with Crippen molar-refractivity contribution in [3.63, 3.8) is 0 Å². The molecule has 2 atom stereocenters. The molecule has 2 unspecified atom stereocenters. The number of rotatable bonds is 8. The van der Waals surface area contributed by atoms with Crippen molar-refractivity contribution >= 4 is 0 Å². The second-order valence-electron chi connectivity index (χ2n) is 5.92. The SMILES string of the molecule is CCC(CC)N(CC(C)C)C(CN)C1CCCO1. The molecule has 0 amide bonds. The molecular formula is C15H32N2O. The lowest BCUT2D eigenvalue weighted by molar-refractivity contribution is 0.00101. The molecule has 0 saturated carbocycles. The summed E-state index contributed by atoms with van der Waals surface area (Å²) in [5.41, 5.74) is 6.05. The Morgan fingerprint density at radius 1 is 1.28 bits per heavy atom. The highest BCUT2D eigenvalue weighted by Crippen LogP contribution is 2.23. The van der Waals surface area contributed by atoms with Crippen molar-refractivity contribution in [1.82, 2.24) is 4.90 Å². The number of hydrogen-bond acceptors (Lipinski definition) is 3. The summed E-state index contributed by atoms with van der Waals surface area (Å²) >= 11 is 0. The maximum atomic E-state index is 6.05. The van der Waals surface area contributed by atoms with Gasteiger partial charge in [0.15, 0.2) is 0 Å². The van der Waals surface area contributed by atoms with Crippen molar-refractivity contribution in [1.29, 1.82) is 0 Å². The van der Waals surface area contributed by atoms with Gasteiger partial charge in [-0.3, -0.25) is 4.90 Å². The quantitative estimate of drug-likeness (QED) is 0.725. The molecule has 1 aliphatic rings. The molecule has 0 aliphatic carbocycles. The Balaban J connectivity index is 2.76. The molecule has 3 nitrogen and oxygen atoms in total. The van der Waals surface area contributed by atoms with Crippen LogP contribution in [0.25, 0.3) is 0 Å². The highest BCUT2D eigenvalue weighted by atomic mass is 16.5. The zero-order valence-electron chi connectivity index (χ0n) is 12.7. The monoisotopic (exact) mass is 256 g/mol. The van der Waals surface area contributed by atoms with E-state index in [9.17, 15) is 0 Å². The molecule has 0 aromatic carbocycles. The van der Waals surface area contributed by atoms with Gasteiger partial charge in [-0.25, -0.2) is 0 Å². The third kappa shape index (κ3) is 4.22. The summed E-state index contributed by atoms with van der Waals surface area (Å²) in [5.74, 6) is 0.682. The van der Waals surface area contributed by atoms with Crippen molar-refractivity contribution < 1.29 is 4.74 Å². The van der Waals surface area contributed by atoms with E-state index in [1.807, 2.05) is 0 Å². The first kappa shape index (κ1) is 15.9. The van der Waals surface area contributed by atoms with Crippen LogP contribution in [0.4, 0.5) is 0 Å². The average molecular weight is 256 g/mol. The fourth-order valence-corrected chi connectivity index (χ4v) is 3.14. The molecule has 0 aromatic rings. The van der Waals surface area contributed by atoms with Gasteiger partial charge in [0, 0.05) is 31.8 Å². The molecule has 3 heteroatoms. The van der Waals surface area contributed by atoms with E-state index >= 15 is 0 Å². The van der Waals surface area contributed by atoms with Gasteiger partial charge in [-0.05, 0) is 31.6 Å². The molecule has 0 bridgehead atoms. The van der Waals surface area contributed by atoms with Crippen molar-refractivity contribution in [3.8, 4) is 0 Å². The number of nitrogens with two attached hydrogens (primary N) is 1. The van der Waals surface area contributed by atoms with Gasteiger partial charge in [0.1, 0.15) is 0 Å². The van der Waals surface area contributed by atoms with Gasteiger partial charge in [-0.2, -0.15) is 0 Å². The lowest BCUT2D eigenvalue weighted by Crippen LogP contribution is -2.53. The zero-order valence-corrected chi connectivity index (χ0v) is 12.7. The summed E-state index contributed by atoms with van der Waals surface area (Å²) in [6, 6.07) is 1.05. The van der Waals surface area contributed by atoms with E-state index in [-0.39, 0.29) is 0 Å². The van der Waals surface area contributed by atoms with Crippen LogP contribution in [0, 0.1) is 5.92 Å². The zero-order chi connectivity index (χ0) is 13.5. The van der Waals surface area contributed by atoms with E-state index in [1.165, 1.54) is 25.7 Å². The van der Waals surface area contributed by atoms with Crippen LogP contribution in [-0.2, 0) is 4.74 Å². The molecule has 0 spiro atoms. The third-order valence-corrected chi connectivity index (χ3v) is 4.05. The number of nitrogens with zero attached hydrogens (tertiary/aromatic N) is 1. The minimum atomic E-state index is 0.356. The highest BCUT2D eigenvalue weighted by Gasteiger charge is 2.32. The molecule has 2 N–H and O–H groups in total. The largest absolute Gasteiger partial charge is 0.377 e. The van der Waals surface area contributed by atoms with Crippen LogP contribution in [0.2, 0.25) is 0 Å². The van der Waals surface area contributed by atoms with Crippen LogP contribution in [0.3, 0.4) is 0 Å². The molecule has 108 valence electrons. The van der Waals surface area contributed by atoms with E-state index < -0.39 is 0 Å². The minimum absolute atomic E-state index is 0.356. The second kappa shape index (κ2) is 8.13. The third-order valence-electron chi connectivity index (χ3n) is 4.05. The van der Waals surface area contributed by atoms with Crippen LogP contribution in [0.15, 0.2) is 0 Å². The molecule has 18 heavy (non-hydrogen) atoms. The molecule has 1 saturated heterocycles. The first-order chi connectivity index (χ1) is 8.63. The fourth-order valence-electron chi connectivity index (χ4n) is 3.14. The van der Waals surface area contributed by atoms with Crippen molar-refractivity contribution in [2.45, 2.75) is 71.6 Å². The van der Waals surface area contributed by atoms with Gasteiger partial charge in [0.05, 0.1) is 6.10 Å². The van der Waals surface area contributed by atoms with Crippen LogP contribution < -0.4 is 5.73 Å². The second-order valence-corrected chi connectivity index (χ2v) is 5.92. The summed E-state index contributed by atoms with van der Waals surface area (Å²) in [6.45, 7) is 11.9. The highest BCUT2D eigenvalue weighted by molar-refractivity contribution is 4.87. The average Bonchev–Trinajstić information content (AvgIpc) is 2.84. The van der Waals surface area contributed by atoms with Crippen molar-refractivity contribution in [2.75, 3.05) is 19.7 Å². The van der Waals surface area contributed by atoms with Crippen LogP contribution in [-0.4, -0.2) is 42.8 Å². The topological polar surface area (TPSA) is 38.5 Å². The Labute approximate surface area is 113 Å². The summed E-state index contributed by atoms with van der Waals surface area (Å²) in [5, 5.41) is 0. The summed E-state index contributed by atoms with van der Waals surface area (Å²) < 4.78 is 5.89. The summed E-state index contributed by atoms with van der Waals surface area (Å²) in [4.78, 5) is 2.63. The van der Waals surface area contributed by atoms with E-state index in [1.54, 1.807) is 0 Å². The molecule has 1 heterocycles. The van der Waals surface area contributed by atoms with Gasteiger partial charge in [0.25, 0.3) is 0 Å². The molecule has 0 radical (unpaired) electrons. The standard InChI is InChI=1S/C15H32N2O/c1-5-13(6-2)17(11-12(3)4)14(10-16)15-8-7-9-18-15/h12-15H,5-11,16H2,1-4H3. The van der Waals surface area contributed by atoms with E-state index in [4.69, 9.17) is 10.5 Å². The van der Waals surface area contributed by atoms with E-state index in [0.717, 1.165) is 13.2 Å². The van der Waals surface area contributed by atoms with Gasteiger partial charge < -0.3 is 10.5 Å². The molecule has 0 aromatic heterocycles. The first-order valence-corrected chi connectivity index (χ1v) is 7.71. The van der Waals surface area contributed by atoms with Gasteiger partial charge >= 0.3 is 0 Å².